The Kier molecular flexibility index (Phi) is 9.08. The smallest absolute Gasteiger partial charge is 0.0710 e. The van der Waals surface area contributed by atoms with Gasteiger partial charge < -0.3 is 4.90 Å². The van der Waals surface area contributed by atoms with E-state index in [2.05, 4.69) is 218 Å². The molecule has 4 aliphatic rings. The second kappa shape index (κ2) is 15.1. The van der Waals surface area contributed by atoms with Gasteiger partial charge >= 0.3 is 0 Å². The summed E-state index contributed by atoms with van der Waals surface area (Å²) in [6.45, 7) is 4.29. The number of benzene rings is 8. The molecule has 12 rings (SSSR count). The first-order chi connectivity index (χ1) is 31.2. The van der Waals surface area contributed by atoms with Crippen molar-refractivity contribution in [3.63, 3.8) is 0 Å². The van der Waals surface area contributed by atoms with Gasteiger partial charge in [0.2, 0.25) is 0 Å². The van der Waals surface area contributed by atoms with E-state index in [0.29, 0.717) is 0 Å². The minimum Gasteiger partial charge on any atom is -0.314 e. The number of nitrogens with zero attached hydrogens (tertiary/aromatic N) is 1. The second-order valence-electron chi connectivity index (χ2n) is 18.2. The first kappa shape index (κ1) is 37.8. The predicted molar refractivity (Wildman–Crippen MR) is 266 cm³/mol. The molecule has 1 unspecified atom stereocenters. The van der Waals surface area contributed by atoms with E-state index >= 15 is 0 Å². The first-order valence-corrected chi connectivity index (χ1v) is 23.1. The van der Waals surface area contributed by atoms with Crippen LogP contribution < -0.4 is 4.90 Å². The van der Waals surface area contributed by atoms with Crippen LogP contribution >= 0.6 is 0 Å². The fraction of sp³-hybridized carbons (Fsp3) is 0.161. The zero-order chi connectivity index (χ0) is 42.0. The van der Waals surface area contributed by atoms with Gasteiger partial charge in [0.05, 0.1) is 11.1 Å². The standard InChI is InChI=1S/C62H51N/c1-2-19-49(56-42-61(38-17-18-39-61)57-30-15-13-28-53(56)57)43-32-34-47(35-33-43)63(60-40-44-20-9-10-25-50(44)51-26-11-12-29-55(51)60)48-36-37-54-52-27-14-16-31-58(52)62(59(54)41-48,45-21-5-3-6-22-45)46-23-7-4-8-24-46/h2-16,20-35,40-42,49H,1,17-19,36-39H2. The van der Waals surface area contributed by atoms with Crippen LogP contribution in [-0.4, -0.2) is 0 Å². The highest BCUT2D eigenvalue weighted by Gasteiger charge is 2.48. The average Bonchev–Trinajstić information content (AvgIpc) is 4.05. The highest BCUT2D eigenvalue weighted by atomic mass is 15.2. The summed E-state index contributed by atoms with van der Waals surface area (Å²) in [6, 6.07) is 70.8. The van der Waals surface area contributed by atoms with Gasteiger partial charge in [-0.2, -0.15) is 0 Å². The molecule has 0 heterocycles. The lowest BCUT2D eigenvalue weighted by molar-refractivity contribution is 0.567. The van der Waals surface area contributed by atoms with E-state index in [1.54, 1.807) is 0 Å². The Bertz CT molecular complexity index is 3120. The number of hydrogen-bond donors (Lipinski definition) is 0. The molecule has 0 aliphatic heterocycles. The topological polar surface area (TPSA) is 3.24 Å². The maximum atomic E-state index is 4.29. The van der Waals surface area contributed by atoms with Crippen molar-refractivity contribution in [3.8, 4) is 0 Å². The van der Waals surface area contributed by atoms with Crippen LogP contribution in [0.3, 0.4) is 0 Å². The number of rotatable bonds is 9. The maximum Gasteiger partial charge on any atom is 0.0710 e. The third-order valence-electron chi connectivity index (χ3n) is 15.0. The largest absolute Gasteiger partial charge is 0.314 e. The molecule has 0 amide bonds. The summed E-state index contributed by atoms with van der Waals surface area (Å²) in [5.41, 5.74) is 17.4. The maximum absolute atomic E-state index is 4.29. The molecule has 0 N–H and O–H groups in total. The molecule has 4 aliphatic carbocycles. The van der Waals surface area contributed by atoms with Gasteiger partial charge in [0, 0.05) is 28.1 Å². The van der Waals surface area contributed by atoms with E-state index in [1.807, 2.05) is 0 Å². The molecule has 0 saturated heterocycles. The Morgan fingerprint density at radius 3 is 1.89 bits per heavy atom. The summed E-state index contributed by atoms with van der Waals surface area (Å²) in [7, 11) is 0. The number of fused-ring (bicyclic) bond motifs is 7. The molecule has 0 radical (unpaired) electrons. The van der Waals surface area contributed by atoms with Crippen molar-refractivity contribution in [1.29, 1.82) is 0 Å². The Labute approximate surface area is 372 Å². The SMILES string of the molecule is C=CCC(C1=CC2(CCCC2)c2ccccc21)c1ccc(N(C2=CC3=C(CC2)c2ccccc2C3(c2ccccc2)c2ccccc2)c2cc3ccccc3c3ccccc23)cc1. The highest BCUT2D eigenvalue weighted by Crippen LogP contribution is 2.59. The molecule has 1 nitrogen and oxygen atoms in total. The zero-order valence-corrected chi connectivity index (χ0v) is 35.8. The zero-order valence-electron chi connectivity index (χ0n) is 35.8. The van der Waals surface area contributed by atoms with Gasteiger partial charge in [0.15, 0.2) is 0 Å². The third-order valence-corrected chi connectivity index (χ3v) is 15.0. The molecule has 0 aromatic heterocycles. The van der Waals surface area contributed by atoms with Crippen molar-refractivity contribution in [1.82, 2.24) is 0 Å². The minimum absolute atomic E-state index is 0.175. The Morgan fingerprint density at radius 1 is 0.571 bits per heavy atom. The van der Waals surface area contributed by atoms with Crippen molar-refractivity contribution in [2.75, 3.05) is 4.90 Å². The second-order valence-corrected chi connectivity index (χ2v) is 18.2. The lowest BCUT2D eigenvalue weighted by atomic mass is 9.66. The van der Waals surface area contributed by atoms with E-state index in [0.717, 1.165) is 19.3 Å². The molecular weight excluding hydrogens is 759 g/mol. The molecule has 1 heteroatoms. The van der Waals surface area contributed by atoms with Gasteiger partial charge in [-0.05, 0) is 128 Å². The van der Waals surface area contributed by atoms with E-state index in [1.165, 1.54) is 120 Å². The van der Waals surface area contributed by atoms with E-state index in [4.69, 9.17) is 0 Å². The molecule has 0 bridgehead atoms. The van der Waals surface area contributed by atoms with Crippen LogP contribution in [0.25, 0.3) is 32.7 Å². The molecule has 1 fully saturated rings. The van der Waals surface area contributed by atoms with Gasteiger partial charge in [0.25, 0.3) is 0 Å². The van der Waals surface area contributed by atoms with Crippen molar-refractivity contribution in [3.05, 3.63) is 263 Å². The predicted octanol–water partition coefficient (Wildman–Crippen LogP) is 16.2. The van der Waals surface area contributed by atoms with Crippen molar-refractivity contribution in [2.24, 2.45) is 0 Å². The van der Waals surface area contributed by atoms with Crippen LogP contribution in [0.5, 0.6) is 0 Å². The van der Waals surface area contributed by atoms with Crippen LogP contribution in [0.1, 0.15) is 89.8 Å². The van der Waals surface area contributed by atoms with E-state index < -0.39 is 5.41 Å². The van der Waals surface area contributed by atoms with Crippen LogP contribution in [0.15, 0.2) is 224 Å². The van der Waals surface area contributed by atoms with Crippen LogP contribution in [-0.2, 0) is 10.8 Å². The Morgan fingerprint density at radius 2 is 1.17 bits per heavy atom. The van der Waals surface area contributed by atoms with Crippen LogP contribution in [0.4, 0.5) is 11.4 Å². The Hall–Kier alpha value is -6.96. The van der Waals surface area contributed by atoms with Crippen molar-refractivity contribution < 1.29 is 0 Å². The Balaban J connectivity index is 1.06. The highest BCUT2D eigenvalue weighted by molar-refractivity contribution is 6.14. The van der Waals surface area contributed by atoms with Crippen LogP contribution in [0.2, 0.25) is 0 Å². The fourth-order valence-electron chi connectivity index (χ4n) is 12.4. The van der Waals surface area contributed by atoms with Gasteiger partial charge in [-0.1, -0.05) is 195 Å². The quantitative estimate of drug-likeness (QED) is 0.104. The van der Waals surface area contributed by atoms with E-state index in [9.17, 15) is 0 Å². The van der Waals surface area contributed by atoms with Crippen molar-refractivity contribution >= 4 is 44.1 Å². The lowest BCUT2D eigenvalue weighted by Gasteiger charge is -2.37. The van der Waals surface area contributed by atoms with Gasteiger partial charge in [-0.15, -0.1) is 6.58 Å². The van der Waals surface area contributed by atoms with Crippen molar-refractivity contribution in [2.45, 2.75) is 61.7 Å². The molecule has 63 heavy (non-hydrogen) atoms. The molecule has 1 saturated carbocycles. The van der Waals surface area contributed by atoms with Crippen LogP contribution in [0, 0.1) is 0 Å². The molecular formula is C62H51N. The number of anilines is 2. The summed E-state index contributed by atoms with van der Waals surface area (Å²) in [4.78, 5) is 2.60. The average molecular weight is 810 g/mol. The monoisotopic (exact) mass is 809 g/mol. The lowest BCUT2D eigenvalue weighted by Crippen LogP contribution is -2.30. The summed E-state index contributed by atoms with van der Waals surface area (Å²) in [5.74, 6) is 0.239. The molecule has 304 valence electrons. The summed E-state index contributed by atoms with van der Waals surface area (Å²) >= 11 is 0. The molecule has 8 aromatic rings. The van der Waals surface area contributed by atoms with Gasteiger partial charge in [0.1, 0.15) is 0 Å². The first-order valence-electron chi connectivity index (χ1n) is 23.1. The molecule has 1 spiro atoms. The minimum atomic E-state index is -0.457. The summed E-state index contributed by atoms with van der Waals surface area (Å²) in [6.07, 6.45) is 15.2. The fourth-order valence-corrected chi connectivity index (χ4v) is 12.4. The summed E-state index contributed by atoms with van der Waals surface area (Å²) < 4.78 is 0. The summed E-state index contributed by atoms with van der Waals surface area (Å²) in [5, 5.41) is 5.07. The molecule has 1 atom stereocenters. The van der Waals surface area contributed by atoms with Gasteiger partial charge in [-0.3, -0.25) is 0 Å². The normalized spacial score (nSPS) is 17.3. The van der Waals surface area contributed by atoms with Gasteiger partial charge in [-0.25, -0.2) is 0 Å². The number of hydrogen-bond acceptors (Lipinski definition) is 1. The third kappa shape index (κ3) is 5.83. The number of allylic oxidation sites excluding steroid dienone is 7. The molecule has 8 aromatic carbocycles. The van der Waals surface area contributed by atoms with E-state index in [-0.39, 0.29) is 11.3 Å².